The van der Waals surface area contributed by atoms with Gasteiger partial charge in [0.1, 0.15) is 11.5 Å². The first-order valence-electron chi connectivity index (χ1n) is 20.6. The Morgan fingerprint density at radius 1 is 0.446 bits per heavy atom. The molecule has 0 saturated heterocycles. The summed E-state index contributed by atoms with van der Waals surface area (Å²) in [6.07, 6.45) is 4.81. The molecule has 9 nitrogen and oxygen atoms in total. The molecule has 1 N–H and O–H groups in total. The molecule has 1 unspecified atom stereocenters. The maximum atomic E-state index is 9.55. The van der Waals surface area contributed by atoms with Crippen LogP contribution >= 0.6 is 0 Å². The van der Waals surface area contributed by atoms with Gasteiger partial charge in [0, 0.05) is 18.1 Å². The highest BCUT2D eigenvalue weighted by Crippen LogP contribution is 2.42. The number of aliphatic hydroxyl groups excluding tert-OH is 1. The van der Waals surface area contributed by atoms with E-state index < -0.39 is 0 Å². The minimum Gasteiger partial charge on any atom is -0.494 e. The molecular weight excluding hydrogens is 709 g/mol. The zero-order valence-electron chi connectivity index (χ0n) is 34.6. The van der Waals surface area contributed by atoms with Crippen LogP contribution in [0.15, 0.2) is 54.6 Å². The van der Waals surface area contributed by atoms with Crippen LogP contribution in [0.1, 0.15) is 107 Å². The van der Waals surface area contributed by atoms with Crippen LogP contribution in [-0.2, 0) is 25.9 Å². The fourth-order valence-corrected chi connectivity index (χ4v) is 7.29. The lowest BCUT2D eigenvalue weighted by Gasteiger charge is -2.21. The second kappa shape index (κ2) is 21.5. The summed E-state index contributed by atoms with van der Waals surface area (Å²) in [4.78, 5) is 0. The second-order valence-electron chi connectivity index (χ2n) is 13.8. The van der Waals surface area contributed by atoms with Crippen LogP contribution in [0.25, 0.3) is 0 Å². The molecule has 0 aromatic heterocycles. The summed E-state index contributed by atoms with van der Waals surface area (Å²) in [5.74, 6) is 6.39. The average molecular weight is 771 g/mol. The predicted molar refractivity (Wildman–Crippen MR) is 221 cm³/mol. The molecule has 1 aliphatic carbocycles. The van der Waals surface area contributed by atoms with E-state index in [9.17, 15) is 5.11 Å². The maximum Gasteiger partial charge on any atom is 0.161 e. The standard InChI is InChI=1S/C47H62O9/c1-8-32(17-19-55-41-16-15-33(31-48)21-43(41)51-11-4)18-20-56-47-29-37-25-40-38(24-39(49-9-2)30-42(40)50-10-3)23-36-28-45(53-13-6)44(52-12-5)26-34(36)22-35(37)27-46(47)54-14-7/h15-16,21,24,26-30,32,48H,8-14,17-20,22-23,25,31H2,1-7H3. The quantitative estimate of drug-likeness (QED) is 0.0738. The van der Waals surface area contributed by atoms with E-state index in [4.69, 9.17) is 37.9 Å². The van der Waals surface area contributed by atoms with E-state index in [0.29, 0.717) is 89.5 Å². The van der Waals surface area contributed by atoms with Crippen molar-refractivity contribution in [2.24, 2.45) is 5.92 Å². The average Bonchev–Trinajstić information content (AvgIpc) is 3.24. The number of benzene rings is 4. The number of hydrogen-bond acceptors (Lipinski definition) is 9. The normalized spacial score (nSPS) is 12.5. The molecule has 9 heteroatoms. The molecule has 0 bridgehead atoms. The Labute approximate surface area is 334 Å². The van der Waals surface area contributed by atoms with E-state index in [0.717, 1.165) is 76.0 Å². The van der Waals surface area contributed by atoms with Crippen LogP contribution in [0.3, 0.4) is 0 Å². The number of aliphatic hydroxyl groups is 1. The Hall–Kier alpha value is -4.76. The Kier molecular flexibility index (Phi) is 16.3. The zero-order chi connectivity index (χ0) is 39.9. The van der Waals surface area contributed by atoms with Crippen molar-refractivity contribution >= 4 is 0 Å². The van der Waals surface area contributed by atoms with Crippen molar-refractivity contribution in [3.8, 4) is 46.0 Å². The third kappa shape index (κ3) is 11.0. The van der Waals surface area contributed by atoms with Crippen LogP contribution in [0.5, 0.6) is 46.0 Å². The summed E-state index contributed by atoms with van der Waals surface area (Å²) in [7, 11) is 0. The minimum absolute atomic E-state index is 0.0383. The molecule has 0 heterocycles. The highest BCUT2D eigenvalue weighted by Gasteiger charge is 2.24. The van der Waals surface area contributed by atoms with Crippen molar-refractivity contribution in [3.05, 3.63) is 93.5 Å². The largest absolute Gasteiger partial charge is 0.494 e. The molecule has 0 radical (unpaired) electrons. The number of ether oxygens (including phenoxy) is 8. The molecule has 56 heavy (non-hydrogen) atoms. The molecule has 0 saturated carbocycles. The smallest absolute Gasteiger partial charge is 0.161 e. The predicted octanol–water partition coefficient (Wildman–Crippen LogP) is 9.92. The number of fused-ring (bicyclic) bond motifs is 3. The van der Waals surface area contributed by atoms with Crippen LogP contribution in [0.4, 0.5) is 0 Å². The second-order valence-corrected chi connectivity index (χ2v) is 13.8. The van der Waals surface area contributed by atoms with Gasteiger partial charge in [-0.2, -0.15) is 0 Å². The van der Waals surface area contributed by atoms with Gasteiger partial charge in [-0.1, -0.05) is 19.4 Å². The van der Waals surface area contributed by atoms with Gasteiger partial charge in [-0.25, -0.2) is 0 Å². The topological polar surface area (TPSA) is 94.1 Å². The maximum absolute atomic E-state index is 9.55. The molecular formula is C47H62O9. The highest BCUT2D eigenvalue weighted by molar-refractivity contribution is 5.58. The van der Waals surface area contributed by atoms with Gasteiger partial charge >= 0.3 is 0 Å². The first-order valence-corrected chi connectivity index (χ1v) is 20.6. The number of hydrogen-bond donors (Lipinski definition) is 1. The van der Waals surface area contributed by atoms with Crippen molar-refractivity contribution in [3.63, 3.8) is 0 Å². The zero-order valence-corrected chi connectivity index (χ0v) is 34.6. The van der Waals surface area contributed by atoms with Crippen molar-refractivity contribution in [1.82, 2.24) is 0 Å². The molecule has 0 amide bonds. The van der Waals surface area contributed by atoms with Gasteiger partial charge < -0.3 is 43.0 Å². The fourth-order valence-electron chi connectivity index (χ4n) is 7.29. The molecule has 4 aromatic carbocycles. The third-order valence-corrected chi connectivity index (χ3v) is 10.1. The van der Waals surface area contributed by atoms with Crippen LogP contribution < -0.4 is 37.9 Å². The Bertz CT molecular complexity index is 1850. The van der Waals surface area contributed by atoms with Crippen LogP contribution in [-0.4, -0.2) is 58.0 Å². The first kappa shape index (κ1) is 42.4. The number of rotatable bonds is 22. The van der Waals surface area contributed by atoms with Crippen molar-refractivity contribution in [1.29, 1.82) is 0 Å². The molecule has 304 valence electrons. The summed E-state index contributed by atoms with van der Waals surface area (Å²) in [6.45, 7) is 18.5. The summed E-state index contributed by atoms with van der Waals surface area (Å²) >= 11 is 0. The summed E-state index contributed by atoms with van der Waals surface area (Å²) < 4.78 is 49.4. The summed E-state index contributed by atoms with van der Waals surface area (Å²) in [6, 6.07) is 18.4. The van der Waals surface area contributed by atoms with Gasteiger partial charge in [0.15, 0.2) is 34.5 Å². The van der Waals surface area contributed by atoms with Gasteiger partial charge in [0.25, 0.3) is 0 Å². The van der Waals surface area contributed by atoms with Crippen LogP contribution in [0.2, 0.25) is 0 Å². The molecule has 0 aliphatic heterocycles. The van der Waals surface area contributed by atoms with E-state index in [2.05, 4.69) is 37.3 Å². The minimum atomic E-state index is -0.0383. The van der Waals surface area contributed by atoms with Gasteiger partial charge in [-0.15, -0.1) is 0 Å². The Morgan fingerprint density at radius 2 is 0.893 bits per heavy atom. The summed E-state index contributed by atoms with van der Waals surface area (Å²) in [5.41, 5.74) is 7.76. The SMILES string of the molecule is CCOc1cc2c(c(OCC)c1)Cc1cc(OCCC(CC)CCOc3ccc(CO)cc3OCC)c(OCC)cc1Cc1cc(OCC)c(OCC)cc1C2. The van der Waals surface area contributed by atoms with Crippen molar-refractivity contribution in [2.75, 3.05) is 52.9 Å². The van der Waals surface area contributed by atoms with Gasteiger partial charge in [-0.3, -0.25) is 0 Å². The molecule has 1 atom stereocenters. The highest BCUT2D eigenvalue weighted by atomic mass is 16.5. The molecule has 0 fully saturated rings. The Morgan fingerprint density at radius 3 is 1.39 bits per heavy atom. The van der Waals surface area contributed by atoms with E-state index in [1.54, 1.807) is 0 Å². The van der Waals surface area contributed by atoms with Crippen molar-refractivity contribution < 1.29 is 43.0 Å². The molecule has 0 spiro atoms. The molecule has 1 aliphatic rings. The molecule has 5 rings (SSSR count). The fraction of sp³-hybridized carbons (Fsp3) is 0.489. The monoisotopic (exact) mass is 770 g/mol. The summed E-state index contributed by atoms with van der Waals surface area (Å²) in [5, 5.41) is 9.55. The lowest BCUT2D eigenvalue weighted by atomic mass is 9.93. The van der Waals surface area contributed by atoms with E-state index in [1.165, 1.54) is 16.7 Å². The molecule has 4 aromatic rings. The third-order valence-electron chi connectivity index (χ3n) is 10.1. The Balaban J connectivity index is 1.45. The van der Waals surface area contributed by atoms with E-state index >= 15 is 0 Å². The van der Waals surface area contributed by atoms with Gasteiger partial charge in [0.2, 0.25) is 0 Å². The van der Waals surface area contributed by atoms with Crippen molar-refractivity contribution in [2.45, 2.75) is 93.6 Å². The lowest BCUT2D eigenvalue weighted by molar-refractivity contribution is 0.219. The van der Waals surface area contributed by atoms with E-state index in [-0.39, 0.29) is 6.61 Å². The van der Waals surface area contributed by atoms with Crippen LogP contribution in [0, 0.1) is 5.92 Å². The lowest BCUT2D eigenvalue weighted by Crippen LogP contribution is -2.12. The van der Waals surface area contributed by atoms with E-state index in [1.807, 2.05) is 65.8 Å². The first-order chi connectivity index (χ1) is 27.4. The van der Waals surface area contributed by atoms with Gasteiger partial charge in [-0.05, 0) is 149 Å². The van der Waals surface area contributed by atoms with Gasteiger partial charge in [0.05, 0.1) is 59.5 Å².